The van der Waals surface area contributed by atoms with Crippen LogP contribution in [0.15, 0.2) is 29.6 Å². The van der Waals surface area contributed by atoms with Crippen molar-refractivity contribution in [2.75, 3.05) is 13.1 Å². The summed E-state index contributed by atoms with van der Waals surface area (Å²) in [6.07, 6.45) is 0.973. The van der Waals surface area contributed by atoms with Crippen molar-refractivity contribution in [2.24, 2.45) is 0 Å². The molecule has 0 saturated heterocycles. The Hall–Kier alpha value is -1.39. The van der Waals surface area contributed by atoms with Crippen LogP contribution >= 0.6 is 11.3 Å². The minimum Gasteiger partial charge on any atom is -0.355 e. The molecular weight excluding hydrogens is 244 g/mol. The molecule has 0 fully saturated rings. The maximum atomic E-state index is 11.4. The Morgan fingerprint density at radius 3 is 3.00 bits per heavy atom. The highest BCUT2D eigenvalue weighted by atomic mass is 32.1. The Labute approximate surface area is 111 Å². The van der Waals surface area contributed by atoms with Crippen molar-refractivity contribution in [3.63, 3.8) is 0 Å². The number of carbonyl (C=O) groups is 1. The third kappa shape index (κ3) is 3.31. The van der Waals surface area contributed by atoms with Gasteiger partial charge in [-0.3, -0.25) is 4.79 Å². The lowest BCUT2D eigenvalue weighted by atomic mass is 10.2. The van der Waals surface area contributed by atoms with Gasteiger partial charge in [0.2, 0.25) is 5.91 Å². The van der Waals surface area contributed by atoms with Crippen molar-refractivity contribution in [2.45, 2.75) is 19.9 Å². The first kappa shape index (κ1) is 13.1. The first-order chi connectivity index (χ1) is 8.81. The molecule has 2 aromatic rings. The summed E-state index contributed by atoms with van der Waals surface area (Å²) >= 11 is 1.75. The van der Waals surface area contributed by atoms with E-state index in [-0.39, 0.29) is 5.91 Å². The predicted molar refractivity (Wildman–Crippen MR) is 76.8 cm³/mol. The summed E-state index contributed by atoms with van der Waals surface area (Å²) in [4.78, 5) is 11.4. The summed E-state index contributed by atoms with van der Waals surface area (Å²) in [5, 5.41) is 9.47. The SMILES string of the molecule is CCCNC(=O)CNCc1csc2ccccc12. The quantitative estimate of drug-likeness (QED) is 0.840. The van der Waals surface area contributed by atoms with E-state index in [2.05, 4.69) is 28.1 Å². The standard InChI is InChI=1S/C14H18N2OS/c1-2-7-16-14(17)9-15-8-11-10-18-13-6-4-3-5-12(11)13/h3-6,10,15H,2,7-9H2,1H3,(H,16,17). The number of hydrogen-bond donors (Lipinski definition) is 2. The molecular formula is C14H18N2OS. The van der Waals surface area contributed by atoms with E-state index >= 15 is 0 Å². The van der Waals surface area contributed by atoms with Crippen LogP contribution in [-0.4, -0.2) is 19.0 Å². The van der Waals surface area contributed by atoms with Gasteiger partial charge >= 0.3 is 0 Å². The molecule has 96 valence electrons. The minimum atomic E-state index is 0.0661. The lowest BCUT2D eigenvalue weighted by Gasteiger charge is -2.05. The van der Waals surface area contributed by atoms with Crippen molar-refractivity contribution in [1.82, 2.24) is 10.6 Å². The lowest BCUT2D eigenvalue weighted by molar-refractivity contribution is -0.120. The van der Waals surface area contributed by atoms with Gasteiger partial charge in [-0.1, -0.05) is 25.1 Å². The molecule has 3 nitrogen and oxygen atoms in total. The van der Waals surface area contributed by atoms with E-state index in [0.29, 0.717) is 6.54 Å². The fourth-order valence-corrected chi connectivity index (χ4v) is 2.77. The van der Waals surface area contributed by atoms with Gasteiger partial charge in [0.1, 0.15) is 0 Å². The van der Waals surface area contributed by atoms with Gasteiger partial charge in [0.25, 0.3) is 0 Å². The Morgan fingerprint density at radius 1 is 1.33 bits per heavy atom. The molecule has 1 heterocycles. The number of benzene rings is 1. The molecule has 0 aliphatic carbocycles. The smallest absolute Gasteiger partial charge is 0.233 e. The van der Waals surface area contributed by atoms with E-state index in [9.17, 15) is 4.79 Å². The van der Waals surface area contributed by atoms with Gasteiger partial charge in [-0.2, -0.15) is 0 Å². The van der Waals surface area contributed by atoms with Gasteiger partial charge in [-0.15, -0.1) is 11.3 Å². The average molecular weight is 262 g/mol. The van der Waals surface area contributed by atoms with E-state index in [1.54, 1.807) is 11.3 Å². The zero-order chi connectivity index (χ0) is 12.8. The summed E-state index contributed by atoms with van der Waals surface area (Å²) < 4.78 is 1.30. The van der Waals surface area contributed by atoms with Crippen molar-refractivity contribution in [3.8, 4) is 0 Å². The molecule has 1 aromatic heterocycles. The Kier molecular flexibility index (Phi) is 4.73. The molecule has 0 spiro atoms. The number of amides is 1. The Bertz CT molecular complexity index is 521. The predicted octanol–water partition coefficient (Wildman–Crippen LogP) is 2.52. The summed E-state index contributed by atoms with van der Waals surface area (Å²) in [6.45, 7) is 3.92. The van der Waals surface area contributed by atoms with Crippen LogP contribution in [0.3, 0.4) is 0 Å². The number of rotatable bonds is 6. The summed E-state index contributed by atoms with van der Waals surface area (Å²) in [5.41, 5.74) is 1.26. The van der Waals surface area contributed by atoms with Crippen molar-refractivity contribution < 1.29 is 4.79 Å². The molecule has 4 heteroatoms. The minimum absolute atomic E-state index is 0.0661. The number of hydrogen-bond acceptors (Lipinski definition) is 3. The van der Waals surface area contributed by atoms with Gasteiger partial charge in [-0.05, 0) is 28.8 Å². The zero-order valence-corrected chi connectivity index (χ0v) is 11.3. The third-order valence-electron chi connectivity index (χ3n) is 2.73. The van der Waals surface area contributed by atoms with Gasteiger partial charge < -0.3 is 10.6 Å². The second kappa shape index (κ2) is 6.52. The molecule has 1 amide bonds. The van der Waals surface area contributed by atoms with Crippen LogP contribution in [0.2, 0.25) is 0 Å². The average Bonchev–Trinajstić information content (AvgIpc) is 2.80. The second-order valence-corrected chi connectivity index (χ2v) is 5.12. The topological polar surface area (TPSA) is 41.1 Å². The number of thiophene rings is 1. The Morgan fingerprint density at radius 2 is 2.17 bits per heavy atom. The molecule has 0 aliphatic heterocycles. The van der Waals surface area contributed by atoms with Gasteiger partial charge in [0.15, 0.2) is 0 Å². The van der Waals surface area contributed by atoms with E-state index in [1.807, 2.05) is 19.1 Å². The van der Waals surface area contributed by atoms with Crippen LogP contribution in [0.1, 0.15) is 18.9 Å². The van der Waals surface area contributed by atoms with E-state index in [1.165, 1.54) is 15.6 Å². The van der Waals surface area contributed by atoms with Gasteiger partial charge in [-0.25, -0.2) is 0 Å². The number of fused-ring (bicyclic) bond motifs is 1. The Balaban J connectivity index is 1.85. The molecule has 0 bridgehead atoms. The van der Waals surface area contributed by atoms with E-state index < -0.39 is 0 Å². The molecule has 0 aliphatic rings. The van der Waals surface area contributed by atoms with Crippen molar-refractivity contribution >= 4 is 27.3 Å². The largest absolute Gasteiger partial charge is 0.355 e. The maximum Gasteiger partial charge on any atom is 0.233 e. The van der Waals surface area contributed by atoms with Crippen LogP contribution in [0.25, 0.3) is 10.1 Å². The van der Waals surface area contributed by atoms with E-state index in [0.717, 1.165) is 19.5 Å². The molecule has 2 rings (SSSR count). The number of carbonyl (C=O) groups excluding carboxylic acids is 1. The fourth-order valence-electron chi connectivity index (χ4n) is 1.81. The molecule has 0 saturated carbocycles. The van der Waals surface area contributed by atoms with Crippen LogP contribution in [0.4, 0.5) is 0 Å². The van der Waals surface area contributed by atoms with Crippen LogP contribution in [0.5, 0.6) is 0 Å². The molecule has 0 atom stereocenters. The molecule has 0 unspecified atom stereocenters. The van der Waals surface area contributed by atoms with Gasteiger partial charge in [0, 0.05) is 17.8 Å². The number of nitrogens with one attached hydrogen (secondary N) is 2. The highest BCUT2D eigenvalue weighted by Crippen LogP contribution is 2.25. The summed E-state index contributed by atoms with van der Waals surface area (Å²) in [6, 6.07) is 8.35. The molecule has 18 heavy (non-hydrogen) atoms. The van der Waals surface area contributed by atoms with Crippen LogP contribution in [0, 0.1) is 0 Å². The summed E-state index contributed by atoms with van der Waals surface area (Å²) in [5.74, 6) is 0.0661. The zero-order valence-electron chi connectivity index (χ0n) is 10.5. The second-order valence-electron chi connectivity index (χ2n) is 4.21. The normalized spacial score (nSPS) is 10.7. The van der Waals surface area contributed by atoms with Crippen LogP contribution < -0.4 is 10.6 Å². The van der Waals surface area contributed by atoms with Crippen molar-refractivity contribution in [1.29, 1.82) is 0 Å². The van der Waals surface area contributed by atoms with Crippen molar-refractivity contribution in [3.05, 3.63) is 35.2 Å². The molecule has 2 N–H and O–H groups in total. The monoisotopic (exact) mass is 262 g/mol. The first-order valence-corrected chi connectivity index (χ1v) is 7.11. The summed E-state index contributed by atoms with van der Waals surface area (Å²) in [7, 11) is 0. The fraction of sp³-hybridized carbons (Fsp3) is 0.357. The first-order valence-electron chi connectivity index (χ1n) is 6.23. The maximum absolute atomic E-state index is 11.4. The highest BCUT2D eigenvalue weighted by molar-refractivity contribution is 7.17. The van der Waals surface area contributed by atoms with Gasteiger partial charge in [0.05, 0.1) is 6.54 Å². The van der Waals surface area contributed by atoms with E-state index in [4.69, 9.17) is 0 Å². The lowest BCUT2D eigenvalue weighted by Crippen LogP contribution is -2.33. The highest BCUT2D eigenvalue weighted by Gasteiger charge is 2.04. The molecule has 0 radical (unpaired) electrons. The van der Waals surface area contributed by atoms with Crippen LogP contribution in [-0.2, 0) is 11.3 Å². The third-order valence-corrected chi connectivity index (χ3v) is 3.75. The molecule has 1 aromatic carbocycles.